The van der Waals surface area contributed by atoms with Crippen LogP contribution < -0.4 is 26.4 Å². The van der Waals surface area contributed by atoms with Gasteiger partial charge in [-0.05, 0) is 91.5 Å². The van der Waals surface area contributed by atoms with Crippen molar-refractivity contribution in [1.29, 1.82) is 0 Å². The van der Waals surface area contributed by atoms with E-state index in [4.69, 9.17) is 10.5 Å². The zero-order valence-electron chi connectivity index (χ0n) is 27.0. The molecule has 1 fully saturated rings. The standard InChI is InChI=1S/C37H45N5O5/c1-25-9-15-31-21-29(25)23-39-36(45)32(16-12-26-6-3-2-4-7-26)41-37(46)33(40-34(43)20-27-10-13-30(38)14-11-27)22-35(44)42-18-5-8-28(24-42)17-19-47-31/h2-4,6-7,9-11,13-15,21,28,32-33H,5,8,12,16-20,22-24,38H2,1H3,(H,39,45)(H,40,43)(H,41,46)/t28-,32-,33-/m0/s1. The summed E-state index contributed by atoms with van der Waals surface area (Å²) >= 11 is 0. The number of benzene rings is 3. The lowest BCUT2D eigenvalue weighted by atomic mass is 9.94. The minimum Gasteiger partial charge on any atom is -0.494 e. The van der Waals surface area contributed by atoms with Crippen LogP contribution in [0.15, 0.2) is 72.8 Å². The molecule has 2 aliphatic heterocycles. The normalized spacial score (nSPS) is 21.0. The van der Waals surface area contributed by atoms with Gasteiger partial charge in [0.15, 0.2) is 0 Å². The summed E-state index contributed by atoms with van der Waals surface area (Å²) in [4.78, 5) is 56.2. The van der Waals surface area contributed by atoms with E-state index in [1.54, 1.807) is 29.2 Å². The van der Waals surface area contributed by atoms with E-state index in [-0.39, 0.29) is 37.1 Å². The van der Waals surface area contributed by atoms with Gasteiger partial charge in [-0.15, -0.1) is 0 Å². The molecule has 0 saturated carbocycles. The van der Waals surface area contributed by atoms with Gasteiger partial charge in [-0.1, -0.05) is 48.5 Å². The number of carbonyl (C=O) groups is 4. The third-order valence-electron chi connectivity index (χ3n) is 9.01. The van der Waals surface area contributed by atoms with Crippen LogP contribution in [0.5, 0.6) is 5.75 Å². The Hall–Kier alpha value is -4.86. The zero-order chi connectivity index (χ0) is 33.2. The molecule has 0 aliphatic carbocycles. The first-order chi connectivity index (χ1) is 22.7. The van der Waals surface area contributed by atoms with Crippen LogP contribution in [0, 0.1) is 12.8 Å². The highest BCUT2D eigenvalue weighted by Gasteiger charge is 2.32. The molecule has 3 aromatic rings. The van der Waals surface area contributed by atoms with Crippen LogP contribution in [0.1, 0.15) is 54.4 Å². The number of nitrogens with zero attached hydrogens (tertiary/aromatic N) is 1. The Balaban J connectivity index is 1.39. The van der Waals surface area contributed by atoms with Gasteiger partial charge in [0.05, 0.1) is 19.4 Å². The summed E-state index contributed by atoms with van der Waals surface area (Å²) in [6, 6.07) is 20.5. The third-order valence-corrected chi connectivity index (χ3v) is 9.01. The van der Waals surface area contributed by atoms with Crippen LogP contribution in [0.2, 0.25) is 0 Å². The zero-order valence-corrected chi connectivity index (χ0v) is 27.0. The fourth-order valence-electron chi connectivity index (χ4n) is 6.18. The smallest absolute Gasteiger partial charge is 0.243 e. The molecule has 3 atom stereocenters. The third kappa shape index (κ3) is 9.81. The lowest BCUT2D eigenvalue weighted by Gasteiger charge is -2.34. The number of amides is 4. The van der Waals surface area contributed by atoms with Crippen molar-refractivity contribution >= 4 is 29.3 Å². The van der Waals surface area contributed by atoms with E-state index >= 15 is 0 Å². The Labute approximate surface area is 276 Å². The maximum Gasteiger partial charge on any atom is 0.243 e. The molecule has 0 spiro atoms. The number of nitrogens with two attached hydrogens (primary N) is 1. The lowest BCUT2D eigenvalue weighted by Crippen LogP contribution is -2.55. The number of piperidine rings is 1. The number of carbonyl (C=O) groups excluding carboxylic acids is 4. The molecular formula is C37H45N5O5. The Morgan fingerprint density at radius 1 is 0.979 bits per heavy atom. The summed E-state index contributed by atoms with van der Waals surface area (Å²) in [7, 11) is 0. The van der Waals surface area contributed by atoms with Gasteiger partial charge in [-0.3, -0.25) is 19.2 Å². The van der Waals surface area contributed by atoms with Gasteiger partial charge in [0.2, 0.25) is 23.6 Å². The highest BCUT2D eigenvalue weighted by Crippen LogP contribution is 2.23. The molecule has 5 N–H and O–H groups in total. The quantitative estimate of drug-likeness (QED) is 0.305. The molecule has 5 rings (SSSR count). The fraction of sp³-hybridized carbons (Fsp3) is 0.405. The molecule has 0 unspecified atom stereocenters. The highest BCUT2D eigenvalue weighted by molar-refractivity contribution is 5.95. The van der Waals surface area contributed by atoms with E-state index in [1.165, 1.54) is 0 Å². The minimum absolute atomic E-state index is 0.0143. The van der Waals surface area contributed by atoms with Crippen molar-refractivity contribution in [3.05, 3.63) is 95.1 Å². The fourth-order valence-corrected chi connectivity index (χ4v) is 6.18. The average molecular weight is 640 g/mol. The molecular weight excluding hydrogens is 594 g/mol. The van der Waals surface area contributed by atoms with Gasteiger partial charge in [-0.2, -0.15) is 0 Å². The van der Waals surface area contributed by atoms with E-state index in [2.05, 4.69) is 16.0 Å². The number of hydrogen-bond donors (Lipinski definition) is 4. The molecule has 248 valence electrons. The molecule has 3 aromatic carbocycles. The molecule has 10 nitrogen and oxygen atoms in total. The van der Waals surface area contributed by atoms with Gasteiger partial charge in [0.1, 0.15) is 17.8 Å². The van der Waals surface area contributed by atoms with Crippen LogP contribution in [-0.2, 0) is 38.6 Å². The van der Waals surface area contributed by atoms with Crippen LogP contribution in [-0.4, -0.2) is 60.3 Å². The van der Waals surface area contributed by atoms with Gasteiger partial charge in [0, 0.05) is 25.3 Å². The number of hydrogen-bond acceptors (Lipinski definition) is 6. The van der Waals surface area contributed by atoms with E-state index in [9.17, 15) is 19.2 Å². The first kappa shape index (κ1) is 33.5. The van der Waals surface area contributed by atoms with Crippen molar-refractivity contribution in [1.82, 2.24) is 20.9 Å². The van der Waals surface area contributed by atoms with Crippen molar-refractivity contribution in [3.8, 4) is 5.75 Å². The number of nitrogen functional groups attached to an aromatic ring is 1. The van der Waals surface area contributed by atoms with Crippen LogP contribution in [0.25, 0.3) is 0 Å². The SMILES string of the molecule is Cc1ccc2cc1CNC(=O)[C@H](CCc1ccccc1)NC(=O)[C@@H](NC(=O)Cc1ccc(N)cc1)CC(=O)N1CCC[C@@H](CCO2)C1. The van der Waals surface area contributed by atoms with Gasteiger partial charge in [-0.25, -0.2) is 0 Å². The number of nitrogens with one attached hydrogen (secondary N) is 3. The molecule has 1 saturated heterocycles. The van der Waals surface area contributed by atoms with E-state index < -0.39 is 23.9 Å². The molecule has 4 bridgehead atoms. The second-order valence-electron chi connectivity index (χ2n) is 12.6. The number of rotatable bonds is 6. The molecule has 4 amide bonds. The summed E-state index contributed by atoms with van der Waals surface area (Å²) in [5, 5.41) is 8.68. The monoisotopic (exact) mass is 639 g/mol. The van der Waals surface area contributed by atoms with Crippen molar-refractivity contribution in [2.45, 2.75) is 70.5 Å². The number of fused-ring (bicyclic) bond motifs is 4. The number of anilines is 1. The Bertz CT molecular complexity index is 1540. The maximum atomic E-state index is 13.9. The van der Waals surface area contributed by atoms with E-state index in [0.717, 1.165) is 47.3 Å². The van der Waals surface area contributed by atoms with Gasteiger partial charge < -0.3 is 31.3 Å². The summed E-state index contributed by atoms with van der Waals surface area (Å²) in [6.07, 6.45) is 3.31. The minimum atomic E-state index is -1.16. The first-order valence-electron chi connectivity index (χ1n) is 16.5. The van der Waals surface area contributed by atoms with Crippen LogP contribution in [0.3, 0.4) is 0 Å². The molecule has 0 radical (unpaired) electrons. The molecule has 2 heterocycles. The van der Waals surface area contributed by atoms with Crippen molar-refractivity contribution in [3.63, 3.8) is 0 Å². The van der Waals surface area contributed by atoms with Crippen molar-refractivity contribution in [2.75, 3.05) is 25.4 Å². The average Bonchev–Trinajstić information content (AvgIpc) is 3.07. The Morgan fingerprint density at radius 2 is 1.77 bits per heavy atom. The predicted molar refractivity (Wildman–Crippen MR) is 180 cm³/mol. The topological polar surface area (TPSA) is 143 Å². The predicted octanol–water partition coefficient (Wildman–Crippen LogP) is 3.45. The van der Waals surface area contributed by atoms with Gasteiger partial charge in [0.25, 0.3) is 0 Å². The van der Waals surface area contributed by atoms with Crippen molar-refractivity contribution < 1.29 is 23.9 Å². The second-order valence-corrected chi connectivity index (χ2v) is 12.6. The first-order valence-corrected chi connectivity index (χ1v) is 16.5. The Morgan fingerprint density at radius 3 is 2.55 bits per heavy atom. The summed E-state index contributed by atoms with van der Waals surface area (Å²) in [6.45, 7) is 3.91. The summed E-state index contributed by atoms with van der Waals surface area (Å²) in [5.41, 5.74) is 10.1. The number of ether oxygens (including phenoxy) is 1. The van der Waals surface area contributed by atoms with E-state index in [1.807, 2.05) is 55.5 Å². The van der Waals surface area contributed by atoms with Crippen LogP contribution >= 0.6 is 0 Å². The summed E-state index contributed by atoms with van der Waals surface area (Å²) in [5.74, 6) is -0.532. The van der Waals surface area contributed by atoms with Crippen LogP contribution in [0.4, 0.5) is 5.69 Å². The molecule has 0 aromatic heterocycles. The van der Waals surface area contributed by atoms with Gasteiger partial charge >= 0.3 is 0 Å². The Kier molecular flexibility index (Phi) is 11.5. The summed E-state index contributed by atoms with van der Waals surface area (Å²) < 4.78 is 6.10. The molecule has 2 aliphatic rings. The van der Waals surface area contributed by atoms with E-state index in [0.29, 0.717) is 38.2 Å². The largest absolute Gasteiger partial charge is 0.494 e. The molecule has 47 heavy (non-hydrogen) atoms. The van der Waals surface area contributed by atoms with Crippen molar-refractivity contribution in [2.24, 2.45) is 5.92 Å². The maximum absolute atomic E-state index is 13.9. The lowest BCUT2D eigenvalue weighted by molar-refractivity contribution is -0.138. The second kappa shape index (κ2) is 16.1. The molecule has 10 heteroatoms. The highest BCUT2D eigenvalue weighted by atomic mass is 16.5. The number of aryl methyl sites for hydroxylation is 2.